The van der Waals surface area contributed by atoms with Gasteiger partial charge in [-0.05, 0) is 19.8 Å². The largest absolute Gasteiger partial charge is 0.357 e. The Morgan fingerprint density at radius 3 is 2.77 bits per heavy atom. The first-order chi connectivity index (χ1) is 10.3. The third-order valence-electron chi connectivity index (χ3n) is 3.19. The molecule has 1 fully saturated rings. The van der Waals surface area contributed by atoms with E-state index in [-0.39, 0.29) is 35.8 Å². The Hall–Kier alpha value is -1.32. The summed E-state index contributed by atoms with van der Waals surface area (Å²) in [5.41, 5.74) is 0. The maximum Gasteiger partial charge on any atom is 0.223 e. The molecule has 7 nitrogen and oxygen atoms in total. The monoisotopic (exact) mass is 420 g/mol. The van der Waals surface area contributed by atoms with Gasteiger partial charge in [0.15, 0.2) is 5.96 Å². The predicted molar refractivity (Wildman–Crippen MR) is 97.4 cm³/mol. The summed E-state index contributed by atoms with van der Waals surface area (Å²) in [6.07, 6.45) is 7.56. The Labute approximate surface area is 148 Å². The van der Waals surface area contributed by atoms with E-state index in [1.54, 1.807) is 12.5 Å². The van der Waals surface area contributed by atoms with E-state index in [2.05, 4.69) is 25.9 Å². The van der Waals surface area contributed by atoms with Gasteiger partial charge < -0.3 is 20.5 Å². The molecule has 1 aromatic heterocycles. The number of hydrogen-bond donors (Lipinski definition) is 3. The lowest BCUT2D eigenvalue weighted by Gasteiger charge is -2.11. The fourth-order valence-corrected chi connectivity index (χ4v) is 1.90. The molecule has 2 rings (SSSR count). The molecular formula is C14H25IN6O. The average molecular weight is 420 g/mol. The van der Waals surface area contributed by atoms with E-state index in [0.717, 1.165) is 38.4 Å². The molecular weight excluding hydrogens is 395 g/mol. The number of nitrogens with zero attached hydrogens (tertiary/aromatic N) is 3. The van der Waals surface area contributed by atoms with Crippen molar-refractivity contribution in [3.8, 4) is 0 Å². The van der Waals surface area contributed by atoms with Crippen LogP contribution >= 0.6 is 24.0 Å². The van der Waals surface area contributed by atoms with Gasteiger partial charge in [-0.3, -0.25) is 9.79 Å². The van der Waals surface area contributed by atoms with E-state index in [0.29, 0.717) is 13.1 Å². The zero-order valence-electron chi connectivity index (χ0n) is 12.9. The number of nitrogens with one attached hydrogen (secondary N) is 3. The first-order valence-corrected chi connectivity index (χ1v) is 7.55. The zero-order valence-corrected chi connectivity index (χ0v) is 15.2. The Morgan fingerprint density at radius 1 is 1.32 bits per heavy atom. The van der Waals surface area contributed by atoms with Gasteiger partial charge in [0.2, 0.25) is 5.91 Å². The van der Waals surface area contributed by atoms with Gasteiger partial charge in [-0.25, -0.2) is 4.98 Å². The fraction of sp³-hybridized carbons (Fsp3) is 0.643. The number of carbonyl (C=O) groups is 1. The number of hydrogen-bond acceptors (Lipinski definition) is 3. The van der Waals surface area contributed by atoms with Crippen LogP contribution in [0.2, 0.25) is 0 Å². The van der Waals surface area contributed by atoms with Crippen molar-refractivity contribution >= 4 is 35.8 Å². The average Bonchev–Trinajstić information content (AvgIpc) is 3.21. The quantitative estimate of drug-likeness (QED) is 0.249. The van der Waals surface area contributed by atoms with Crippen molar-refractivity contribution in [2.45, 2.75) is 26.3 Å². The molecule has 1 aromatic rings. The molecule has 1 amide bonds. The lowest BCUT2D eigenvalue weighted by atomic mass is 10.4. The van der Waals surface area contributed by atoms with Crippen LogP contribution in [0, 0.1) is 5.92 Å². The third kappa shape index (κ3) is 7.10. The van der Waals surface area contributed by atoms with E-state index in [9.17, 15) is 4.79 Å². The van der Waals surface area contributed by atoms with Crippen molar-refractivity contribution in [1.82, 2.24) is 25.5 Å². The molecule has 3 N–H and O–H groups in total. The molecule has 0 spiro atoms. The van der Waals surface area contributed by atoms with E-state index in [1.807, 2.05) is 17.7 Å². The lowest BCUT2D eigenvalue weighted by Crippen LogP contribution is -2.39. The molecule has 1 aliphatic carbocycles. The zero-order chi connectivity index (χ0) is 14.9. The first kappa shape index (κ1) is 18.7. The van der Waals surface area contributed by atoms with Crippen LogP contribution in [-0.2, 0) is 11.3 Å². The summed E-state index contributed by atoms with van der Waals surface area (Å²) in [7, 11) is 0. The molecule has 1 saturated carbocycles. The number of rotatable bonds is 8. The van der Waals surface area contributed by atoms with E-state index in [4.69, 9.17) is 0 Å². The maximum absolute atomic E-state index is 11.5. The highest BCUT2D eigenvalue weighted by Gasteiger charge is 2.28. The normalized spacial score (nSPS) is 14.1. The Kier molecular flexibility index (Phi) is 8.86. The van der Waals surface area contributed by atoms with E-state index < -0.39 is 0 Å². The summed E-state index contributed by atoms with van der Waals surface area (Å²) < 4.78 is 2.01. The SMILES string of the molecule is CCNC(=NCCNC(=O)C1CC1)NCCn1ccnc1.I. The van der Waals surface area contributed by atoms with Crippen molar-refractivity contribution in [2.24, 2.45) is 10.9 Å². The summed E-state index contributed by atoms with van der Waals surface area (Å²) in [6.45, 7) is 5.62. The van der Waals surface area contributed by atoms with Gasteiger partial charge in [0.1, 0.15) is 0 Å². The van der Waals surface area contributed by atoms with Gasteiger partial charge in [0.05, 0.1) is 12.9 Å². The van der Waals surface area contributed by atoms with Crippen molar-refractivity contribution in [3.63, 3.8) is 0 Å². The summed E-state index contributed by atoms with van der Waals surface area (Å²) >= 11 is 0. The molecule has 1 heterocycles. The van der Waals surface area contributed by atoms with Crippen LogP contribution in [0.15, 0.2) is 23.7 Å². The van der Waals surface area contributed by atoms with Crippen molar-refractivity contribution in [2.75, 3.05) is 26.2 Å². The van der Waals surface area contributed by atoms with Crippen LogP contribution in [0.5, 0.6) is 0 Å². The number of halogens is 1. The highest BCUT2D eigenvalue weighted by Crippen LogP contribution is 2.28. The number of imidazole rings is 1. The van der Waals surface area contributed by atoms with E-state index in [1.165, 1.54) is 0 Å². The first-order valence-electron chi connectivity index (χ1n) is 7.55. The molecule has 8 heteroatoms. The molecule has 0 saturated heterocycles. The molecule has 0 radical (unpaired) electrons. The molecule has 1 aliphatic rings. The molecule has 0 atom stereocenters. The standard InChI is InChI=1S/C14H24N6O.HI/c1-2-16-14(19-8-10-20-9-7-15-11-20)18-6-5-17-13(21)12-3-4-12;/h7,9,11-12H,2-6,8,10H2,1H3,(H,17,21)(H2,16,18,19);1H. The molecule has 0 aliphatic heterocycles. The number of carbonyl (C=O) groups excluding carboxylic acids is 1. The van der Waals surface area contributed by atoms with Crippen LogP contribution in [-0.4, -0.2) is 47.6 Å². The maximum atomic E-state index is 11.5. The fourth-order valence-electron chi connectivity index (χ4n) is 1.90. The van der Waals surface area contributed by atoms with Crippen molar-refractivity contribution in [3.05, 3.63) is 18.7 Å². The predicted octanol–water partition coefficient (Wildman–Crippen LogP) is 0.582. The second-order valence-electron chi connectivity index (χ2n) is 5.05. The second-order valence-corrected chi connectivity index (χ2v) is 5.05. The minimum atomic E-state index is 0. The van der Waals surface area contributed by atoms with E-state index >= 15 is 0 Å². The molecule has 22 heavy (non-hydrogen) atoms. The van der Waals surface area contributed by atoms with Crippen molar-refractivity contribution < 1.29 is 4.79 Å². The summed E-state index contributed by atoms with van der Waals surface area (Å²) in [5.74, 6) is 1.21. The lowest BCUT2D eigenvalue weighted by molar-refractivity contribution is -0.122. The van der Waals surface area contributed by atoms with Crippen molar-refractivity contribution in [1.29, 1.82) is 0 Å². The van der Waals surface area contributed by atoms with Gasteiger partial charge in [-0.2, -0.15) is 0 Å². The minimum absolute atomic E-state index is 0. The van der Waals surface area contributed by atoms with Crippen LogP contribution in [0.4, 0.5) is 0 Å². The minimum Gasteiger partial charge on any atom is -0.357 e. The van der Waals surface area contributed by atoms with Gasteiger partial charge >= 0.3 is 0 Å². The molecule has 0 aromatic carbocycles. The highest BCUT2D eigenvalue weighted by atomic mass is 127. The topological polar surface area (TPSA) is 83.3 Å². The second kappa shape index (κ2) is 10.4. The number of amides is 1. The van der Waals surface area contributed by atoms with Gasteiger partial charge in [0.25, 0.3) is 0 Å². The van der Waals surface area contributed by atoms with Crippen LogP contribution in [0.1, 0.15) is 19.8 Å². The highest BCUT2D eigenvalue weighted by molar-refractivity contribution is 14.0. The Bertz CT molecular complexity index is 458. The molecule has 0 bridgehead atoms. The Morgan fingerprint density at radius 2 is 2.14 bits per heavy atom. The Balaban J connectivity index is 0.00000242. The number of aliphatic imine (C=N–C) groups is 1. The summed E-state index contributed by atoms with van der Waals surface area (Å²) in [6, 6.07) is 0. The van der Waals surface area contributed by atoms with Crippen LogP contribution in [0.25, 0.3) is 0 Å². The van der Waals surface area contributed by atoms with Gasteiger partial charge in [-0.15, -0.1) is 24.0 Å². The molecule has 124 valence electrons. The van der Waals surface area contributed by atoms with Gasteiger partial charge in [0, 0.05) is 44.5 Å². The van der Waals surface area contributed by atoms with Crippen LogP contribution in [0.3, 0.4) is 0 Å². The van der Waals surface area contributed by atoms with Gasteiger partial charge in [-0.1, -0.05) is 0 Å². The third-order valence-corrected chi connectivity index (χ3v) is 3.19. The smallest absolute Gasteiger partial charge is 0.223 e. The van der Waals surface area contributed by atoms with Crippen LogP contribution < -0.4 is 16.0 Å². The summed E-state index contributed by atoms with van der Waals surface area (Å²) in [4.78, 5) is 19.9. The number of aromatic nitrogens is 2. The number of guanidine groups is 1. The summed E-state index contributed by atoms with van der Waals surface area (Å²) in [5, 5.41) is 9.35. The molecule has 0 unspecified atom stereocenters.